The first-order valence-corrected chi connectivity index (χ1v) is 9.64. The summed E-state index contributed by atoms with van der Waals surface area (Å²) < 4.78 is 59.7. The number of rotatable bonds is 6. The van der Waals surface area contributed by atoms with Crippen LogP contribution in [0.25, 0.3) is 10.9 Å². The standard InChI is InChI=1S/C18H16F3N3O4S/c1-3-29(26)16-7-5-11(27-2)9-15(16)23-24-10-22-14-6-4-12(28-18(19,20)21)8-13(14)17(24)25/h4-10,23H,3H2,1-2H3. The van der Waals surface area contributed by atoms with Gasteiger partial charge < -0.3 is 9.47 Å². The monoisotopic (exact) mass is 427 g/mol. The summed E-state index contributed by atoms with van der Waals surface area (Å²) in [5.41, 5.74) is 2.68. The van der Waals surface area contributed by atoms with Gasteiger partial charge in [0.05, 0.1) is 39.4 Å². The maximum atomic E-state index is 12.8. The Balaban J connectivity index is 2.06. The van der Waals surface area contributed by atoms with Crippen LogP contribution in [0.5, 0.6) is 11.5 Å². The molecule has 1 N–H and O–H groups in total. The number of fused-ring (bicyclic) bond motifs is 1. The Morgan fingerprint density at radius 1 is 1.17 bits per heavy atom. The Labute approximate surface area is 165 Å². The Kier molecular flexibility index (Phi) is 5.78. The molecule has 0 saturated carbocycles. The summed E-state index contributed by atoms with van der Waals surface area (Å²) in [4.78, 5) is 17.3. The molecule has 11 heteroatoms. The molecule has 0 spiro atoms. The van der Waals surface area contributed by atoms with Crippen molar-refractivity contribution in [2.45, 2.75) is 18.2 Å². The average molecular weight is 427 g/mol. The predicted molar refractivity (Wildman–Crippen MR) is 102 cm³/mol. The van der Waals surface area contributed by atoms with Gasteiger partial charge in [0.25, 0.3) is 5.56 Å². The molecule has 1 heterocycles. The van der Waals surface area contributed by atoms with Crippen molar-refractivity contribution in [2.75, 3.05) is 18.3 Å². The van der Waals surface area contributed by atoms with E-state index in [2.05, 4.69) is 15.1 Å². The Hall–Kier alpha value is -3.08. The molecule has 0 amide bonds. The lowest BCUT2D eigenvalue weighted by Gasteiger charge is -2.15. The highest BCUT2D eigenvalue weighted by Crippen LogP contribution is 2.27. The van der Waals surface area contributed by atoms with E-state index in [4.69, 9.17) is 4.74 Å². The second-order valence-electron chi connectivity index (χ2n) is 5.75. The number of halogens is 3. The number of benzene rings is 2. The lowest BCUT2D eigenvalue weighted by atomic mass is 10.2. The van der Waals surface area contributed by atoms with Gasteiger partial charge in [0.1, 0.15) is 17.8 Å². The van der Waals surface area contributed by atoms with Crippen LogP contribution in [0.3, 0.4) is 0 Å². The summed E-state index contributed by atoms with van der Waals surface area (Å²) in [6.45, 7) is 1.75. The summed E-state index contributed by atoms with van der Waals surface area (Å²) in [6, 6.07) is 8.09. The molecular weight excluding hydrogens is 411 g/mol. The van der Waals surface area contributed by atoms with E-state index in [9.17, 15) is 22.2 Å². The Bertz CT molecular complexity index is 1130. The van der Waals surface area contributed by atoms with Crippen LogP contribution in [0.2, 0.25) is 0 Å². The second kappa shape index (κ2) is 8.11. The molecule has 0 aliphatic carbocycles. The third kappa shape index (κ3) is 4.67. The van der Waals surface area contributed by atoms with E-state index in [1.54, 1.807) is 25.1 Å². The minimum atomic E-state index is -4.88. The lowest BCUT2D eigenvalue weighted by Crippen LogP contribution is -2.27. The van der Waals surface area contributed by atoms with Gasteiger partial charge in [-0.05, 0) is 30.3 Å². The molecule has 29 heavy (non-hydrogen) atoms. The number of hydrogen-bond acceptors (Lipinski definition) is 6. The fourth-order valence-corrected chi connectivity index (χ4v) is 3.47. The van der Waals surface area contributed by atoms with E-state index in [1.165, 1.54) is 19.5 Å². The molecule has 0 bridgehead atoms. The van der Waals surface area contributed by atoms with Crippen molar-refractivity contribution in [3.8, 4) is 11.5 Å². The van der Waals surface area contributed by atoms with Gasteiger partial charge in [-0.2, -0.15) is 0 Å². The molecule has 1 unspecified atom stereocenters. The van der Waals surface area contributed by atoms with Crippen molar-refractivity contribution >= 4 is 27.4 Å². The maximum Gasteiger partial charge on any atom is 0.573 e. The highest BCUT2D eigenvalue weighted by molar-refractivity contribution is 7.85. The van der Waals surface area contributed by atoms with Crippen LogP contribution >= 0.6 is 0 Å². The van der Waals surface area contributed by atoms with Crippen molar-refractivity contribution < 1.29 is 26.9 Å². The van der Waals surface area contributed by atoms with Crippen molar-refractivity contribution in [1.82, 2.24) is 9.66 Å². The summed E-state index contributed by atoms with van der Waals surface area (Å²) in [7, 11) is 0.126. The number of hydrogen-bond donors (Lipinski definition) is 1. The first kappa shape index (κ1) is 20.6. The van der Waals surface area contributed by atoms with Crippen LogP contribution in [0, 0.1) is 0 Å². The van der Waals surface area contributed by atoms with Crippen LogP contribution in [0.15, 0.2) is 52.4 Å². The molecule has 1 aromatic heterocycles. The molecule has 0 radical (unpaired) electrons. The van der Waals surface area contributed by atoms with Crippen molar-refractivity contribution in [2.24, 2.45) is 0 Å². The third-order valence-corrected chi connectivity index (χ3v) is 5.27. The zero-order valence-electron chi connectivity index (χ0n) is 15.3. The van der Waals surface area contributed by atoms with Gasteiger partial charge in [0.2, 0.25) is 0 Å². The Morgan fingerprint density at radius 3 is 2.55 bits per heavy atom. The molecule has 2 aromatic carbocycles. The van der Waals surface area contributed by atoms with Crippen molar-refractivity contribution in [3.63, 3.8) is 0 Å². The highest BCUT2D eigenvalue weighted by atomic mass is 32.2. The van der Waals surface area contributed by atoms with Gasteiger partial charge in [0.15, 0.2) is 0 Å². The van der Waals surface area contributed by atoms with Gasteiger partial charge in [-0.25, -0.2) is 9.66 Å². The van der Waals surface area contributed by atoms with Crippen LogP contribution in [0.4, 0.5) is 18.9 Å². The molecular formula is C18H16F3N3O4S. The van der Waals surface area contributed by atoms with Crippen LogP contribution < -0.4 is 20.5 Å². The van der Waals surface area contributed by atoms with Gasteiger partial charge in [-0.3, -0.25) is 14.4 Å². The minimum Gasteiger partial charge on any atom is -0.497 e. The third-order valence-electron chi connectivity index (χ3n) is 3.90. The van der Waals surface area contributed by atoms with Gasteiger partial charge in [-0.15, -0.1) is 13.2 Å². The summed E-state index contributed by atoms with van der Waals surface area (Å²) in [5, 5.41) is -0.0807. The topological polar surface area (TPSA) is 82.4 Å². The Morgan fingerprint density at radius 2 is 1.90 bits per heavy atom. The van der Waals surface area contributed by atoms with Gasteiger partial charge >= 0.3 is 6.36 Å². The summed E-state index contributed by atoms with van der Waals surface area (Å²) >= 11 is 0. The van der Waals surface area contributed by atoms with E-state index < -0.39 is 28.5 Å². The van der Waals surface area contributed by atoms with E-state index in [0.717, 1.165) is 16.8 Å². The molecule has 0 aliphatic heterocycles. The molecule has 3 rings (SSSR count). The molecule has 0 saturated heterocycles. The number of methoxy groups -OCH3 is 1. The number of nitrogens with one attached hydrogen (secondary N) is 1. The zero-order valence-corrected chi connectivity index (χ0v) is 16.1. The predicted octanol–water partition coefficient (Wildman–Crippen LogP) is 3.31. The number of anilines is 1. The van der Waals surface area contributed by atoms with Crippen LogP contribution in [-0.2, 0) is 10.8 Å². The molecule has 7 nitrogen and oxygen atoms in total. The second-order valence-corrected chi connectivity index (χ2v) is 7.46. The lowest BCUT2D eigenvalue weighted by molar-refractivity contribution is -0.274. The quantitative estimate of drug-likeness (QED) is 0.650. The number of nitrogens with zero attached hydrogens (tertiary/aromatic N) is 2. The first-order valence-electron chi connectivity index (χ1n) is 8.32. The van der Waals surface area contributed by atoms with Crippen LogP contribution in [-0.4, -0.2) is 33.1 Å². The largest absolute Gasteiger partial charge is 0.573 e. The van der Waals surface area contributed by atoms with Crippen molar-refractivity contribution in [3.05, 3.63) is 53.1 Å². The van der Waals surface area contributed by atoms with Crippen LogP contribution in [0.1, 0.15) is 6.92 Å². The highest BCUT2D eigenvalue weighted by Gasteiger charge is 2.31. The number of ether oxygens (including phenoxy) is 2. The fraction of sp³-hybridized carbons (Fsp3) is 0.222. The van der Waals surface area contributed by atoms with E-state index in [-0.39, 0.29) is 10.9 Å². The molecule has 3 aromatic rings. The maximum absolute atomic E-state index is 12.8. The number of alkyl halides is 3. The van der Waals surface area contributed by atoms with Gasteiger partial charge in [-0.1, -0.05) is 6.92 Å². The van der Waals surface area contributed by atoms with E-state index in [1.807, 2.05) is 0 Å². The first-order chi connectivity index (χ1) is 13.7. The summed E-state index contributed by atoms with van der Waals surface area (Å²) in [6.07, 6.45) is -3.69. The normalized spacial score (nSPS) is 12.6. The zero-order chi connectivity index (χ0) is 21.2. The molecule has 1 atom stereocenters. The average Bonchev–Trinajstić information content (AvgIpc) is 2.68. The minimum absolute atomic E-state index is 0.0807. The molecule has 0 fully saturated rings. The van der Waals surface area contributed by atoms with E-state index >= 15 is 0 Å². The SMILES string of the molecule is CCS(=O)c1ccc(OC)cc1Nn1cnc2ccc(OC(F)(F)F)cc2c1=O. The number of aromatic nitrogens is 2. The fourth-order valence-electron chi connectivity index (χ4n) is 2.59. The van der Waals surface area contributed by atoms with Gasteiger partial charge in [0, 0.05) is 11.8 Å². The molecule has 154 valence electrons. The van der Waals surface area contributed by atoms with E-state index in [0.29, 0.717) is 22.1 Å². The van der Waals surface area contributed by atoms with Crippen molar-refractivity contribution in [1.29, 1.82) is 0 Å². The summed E-state index contributed by atoms with van der Waals surface area (Å²) in [5.74, 6) is 0.284. The molecule has 0 aliphatic rings. The smallest absolute Gasteiger partial charge is 0.497 e.